The van der Waals surface area contributed by atoms with Crippen LogP contribution in [-0.2, 0) is 6.54 Å². The first-order chi connectivity index (χ1) is 12.0. The number of halogens is 1. The second-order valence-corrected chi connectivity index (χ2v) is 5.82. The summed E-state index contributed by atoms with van der Waals surface area (Å²) in [5.74, 6) is -0.912. The third kappa shape index (κ3) is 2.52. The van der Waals surface area contributed by atoms with E-state index in [-0.39, 0.29) is 18.1 Å². The Bertz CT molecular complexity index is 992. The molecule has 1 aliphatic carbocycles. The topological polar surface area (TPSA) is 63.4 Å². The van der Waals surface area contributed by atoms with Gasteiger partial charge in [-0.25, -0.2) is 9.37 Å². The number of fused-ring (bicyclic) bond motifs is 3. The second-order valence-electron chi connectivity index (χ2n) is 5.82. The molecule has 6 heteroatoms. The SMILES string of the molecule is CN(Cc1nc2c(o1)-c1ccccc1C(=O)C2=O)c1ccc(F)cc1. The number of benzene rings is 2. The average Bonchev–Trinajstić information content (AvgIpc) is 3.04. The summed E-state index contributed by atoms with van der Waals surface area (Å²) in [6.45, 7) is 0.280. The lowest BCUT2D eigenvalue weighted by molar-refractivity contribution is 0.0812. The van der Waals surface area contributed by atoms with Crippen molar-refractivity contribution in [1.82, 2.24) is 4.98 Å². The fourth-order valence-corrected chi connectivity index (χ4v) is 2.87. The summed E-state index contributed by atoms with van der Waals surface area (Å²) in [7, 11) is 1.80. The van der Waals surface area contributed by atoms with Crippen LogP contribution >= 0.6 is 0 Å². The minimum absolute atomic E-state index is 0.0474. The molecule has 1 aromatic heterocycles. The summed E-state index contributed by atoms with van der Waals surface area (Å²) >= 11 is 0. The van der Waals surface area contributed by atoms with Crippen LogP contribution in [0.15, 0.2) is 52.9 Å². The van der Waals surface area contributed by atoms with E-state index in [1.807, 2.05) is 4.90 Å². The number of hydrogen-bond acceptors (Lipinski definition) is 5. The van der Waals surface area contributed by atoms with E-state index in [1.165, 1.54) is 12.1 Å². The van der Waals surface area contributed by atoms with E-state index in [9.17, 15) is 14.0 Å². The average molecular weight is 336 g/mol. The van der Waals surface area contributed by atoms with Crippen LogP contribution in [0.3, 0.4) is 0 Å². The molecule has 0 atom stereocenters. The normalized spacial score (nSPS) is 12.7. The van der Waals surface area contributed by atoms with Crippen LogP contribution in [0.4, 0.5) is 10.1 Å². The van der Waals surface area contributed by atoms with Gasteiger partial charge in [0.05, 0.1) is 6.54 Å². The van der Waals surface area contributed by atoms with Crippen molar-refractivity contribution in [3.05, 3.63) is 71.5 Å². The number of anilines is 1. The van der Waals surface area contributed by atoms with Crippen LogP contribution < -0.4 is 4.90 Å². The highest BCUT2D eigenvalue weighted by atomic mass is 19.1. The smallest absolute Gasteiger partial charge is 0.255 e. The predicted octanol–water partition coefficient (Wildman–Crippen LogP) is 3.50. The molecular weight excluding hydrogens is 323 g/mol. The Morgan fingerprint density at radius 3 is 2.40 bits per heavy atom. The molecule has 0 spiro atoms. The van der Waals surface area contributed by atoms with E-state index in [0.717, 1.165) is 5.69 Å². The molecule has 0 N–H and O–H groups in total. The summed E-state index contributed by atoms with van der Waals surface area (Å²) in [5, 5.41) is 0. The second kappa shape index (κ2) is 5.66. The Hall–Kier alpha value is -3.28. The molecule has 0 unspecified atom stereocenters. The lowest BCUT2D eigenvalue weighted by Crippen LogP contribution is -2.21. The number of oxazole rings is 1. The van der Waals surface area contributed by atoms with Gasteiger partial charge in [0.1, 0.15) is 5.82 Å². The van der Waals surface area contributed by atoms with Crippen molar-refractivity contribution >= 4 is 17.3 Å². The number of ketones is 2. The minimum Gasteiger partial charge on any atom is -0.438 e. The number of aromatic nitrogens is 1. The first-order valence-electron chi connectivity index (χ1n) is 7.69. The van der Waals surface area contributed by atoms with Gasteiger partial charge in [-0.2, -0.15) is 0 Å². The Kier molecular flexibility index (Phi) is 3.46. The van der Waals surface area contributed by atoms with Crippen LogP contribution in [0.1, 0.15) is 26.7 Å². The van der Waals surface area contributed by atoms with Crippen molar-refractivity contribution in [2.24, 2.45) is 0 Å². The largest absolute Gasteiger partial charge is 0.438 e. The standard InChI is InChI=1S/C19H13FN2O3/c1-22(12-8-6-11(20)7-9-12)10-15-21-16-18(24)17(23)13-4-2-3-5-14(13)19(16)25-15/h2-9H,10H2,1H3. The van der Waals surface area contributed by atoms with Crippen molar-refractivity contribution in [2.45, 2.75) is 6.54 Å². The number of rotatable bonds is 3. The molecule has 0 fully saturated rings. The third-order valence-electron chi connectivity index (χ3n) is 4.15. The van der Waals surface area contributed by atoms with Crippen LogP contribution in [0.2, 0.25) is 0 Å². The van der Waals surface area contributed by atoms with Gasteiger partial charge in [0, 0.05) is 23.9 Å². The van der Waals surface area contributed by atoms with Crippen molar-refractivity contribution in [2.75, 3.05) is 11.9 Å². The van der Waals surface area contributed by atoms with Gasteiger partial charge in [-0.1, -0.05) is 24.3 Å². The molecule has 0 aliphatic heterocycles. The van der Waals surface area contributed by atoms with Gasteiger partial charge in [0.25, 0.3) is 5.78 Å². The zero-order valence-corrected chi connectivity index (χ0v) is 13.3. The molecule has 0 saturated heterocycles. The maximum atomic E-state index is 13.0. The quantitative estimate of drug-likeness (QED) is 0.685. The van der Waals surface area contributed by atoms with Crippen LogP contribution in [-0.4, -0.2) is 23.6 Å². The predicted molar refractivity (Wildman–Crippen MR) is 89.1 cm³/mol. The van der Waals surface area contributed by atoms with Crippen LogP contribution in [0, 0.1) is 5.82 Å². The molecule has 2 aromatic carbocycles. The van der Waals surface area contributed by atoms with E-state index in [1.54, 1.807) is 43.4 Å². The molecule has 4 rings (SSSR count). The van der Waals surface area contributed by atoms with Crippen molar-refractivity contribution in [1.29, 1.82) is 0 Å². The zero-order chi connectivity index (χ0) is 17.6. The Balaban J connectivity index is 1.69. The summed E-state index contributed by atoms with van der Waals surface area (Å²) < 4.78 is 18.8. The zero-order valence-electron chi connectivity index (χ0n) is 13.3. The molecule has 0 radical (unpaired) electrons. The van der Waals surface area contributed by atoms with Crippen LogP contribution in [0.25, 0.3) is 11.3 Å². The van der Waals surface area contributed by atoms with E-state index < -0.39 is 11.6 Å². The summed E-state index contributed by atoms with van der Waals surface area (Å²) in [4.78, 5) is 30.5. The van der Waals surface area contributed by atoms with Gasteiger partial charge in [0.2, 0.25) is 11.7 Å². The van der Waals surface area contributed by atoms with Gasteiger partial charge in [-0.3, -0.25) is 9.59 Å². The van der Waals surface area contributed by atoms with E-state index in [2.05, 4.69) is 4.98 Å². The van der Waals surface area contributed by atoms with Gasteiger partial charge >= 0.3 is 0 Å². The fourth-order valence-electron chi connectivity index (χ4n) is 2.87. The molecule has 0 bridgehead atoms. The molecule has 5 nitrogen and oxygen atoms in total. The van der Waals surface area contributed by atoms with Crippen LogP contribution in [0.5, 0.6) is 0 Å². The summed E-state index contributed by atoms with van der Waals surface area (Å²) in [5.41, 5.74) is 1.73. The third-order valence-corrected chi connectivity index (χ3v) is 4.15. The van der Waals surface area contributed by atoms with E-state index in [0.29, 0.717) is 22.8 Å². The Morgan fingerprint density at radius 1 is 1.00 bits per heavy atom. The number of nitrogens with zero attached hydrogens (tertiary/aromatic N) is 2. The summed E-state index contributed by atoms with van der Waals surface area (Å²) in [6.07, 6.45) is 0. The van der Waals surface area contributed by atoms with Crippen molar-refractivity contribution in [3.63, 3.8) is 0 Å². The highest BCUT2D eigenvalue weighted by Gasteiger charge is 2.35. The lowest BCUT2D eigenvalue weighted by Gasteiger charge is -2.16. The fraction of sp³-hybridized carbons (Fsp3) is 0.105. The molecular formula is C19H13FN2O3. The molecule has 1 aliphatic rings. The number of hydrogen-bond donors (Lipinski definition) is 0. The molecule has 0 amide bonds. The molecule has 124 valence electrons. The monoisotopic (exact) mass is 336 g/mol. The van der Waals surface area contributed by atoms with Crippen molar-refractivity contribution < 1.29 is 18.4 Å². The van der Waals surface area contributed by atoms with E-state index >= 15 is 0 Å². The first kappa shape index (κ1) is 15.3. The lowest BCUT2D eigenvalue weighted by atomic mass is 9.91. The van der Waals surface area contributed by atoms with Gasteiger partial charge in [-0.05, 0) is 24.3 Å². The number of carbonyl (C=O) groups is 2. The van der Waals surface area contributed by atoms with Crippen molar-refractivity contribution in [3.8, 4) is 11.3 Å². The number of carbonyl (C=O) groups excluding carboxylic acids is 2. The Labute approximate surface area is 142 Å². The minimum atomic E-state index is -0.659. The number of Topliss-reactive ketones (excluding diaryl/α,β-unsaturated/α-hetero) is 2. The van der Waals surface area contributed by atoms with Gasteiger partial charge in [-0.15, -0.1) is 0 Å². The highest BCUT2D eigenvalue weighted by molar-refractivity contribution is 6.52. The molecule has 1 heterocycles. The van der Waals surface area contributed by atoms with Gasteiger partial charge < -0.3 is 9.32 Å². The maximum absolute atomic E-state index is 13.0. The Morgan fingerprint density at radius 2 is 1.68 bits per heavy atom. The van der Waals surface area contributed by atoms with Gasteiger partial charge in [0.15, 0.2) is 11.5 Å². The summed E-state index contributed by atoms with van der Waals surface area (Å²) in [6, 6.07) is 12.8. The molecule has 25 heavy (non-hydrogen) atoms. The van der Waals surface area contributed by atoms with E-state index in [4.69, 9.17) is 4.42 Å². The molecule has 3 aromatic rings. The highest BCUT2D eigenvalue weighted by Crippen LogP contribution is 2.34. The first-order valence-corrected chi connectivity index (χ1v) is 7.69. The maximum Gasteiger partial charge on any atom is 0.255 e. The molecule has 0 saturated carbocycles.